The first-order valence-electron chi connectivity index (χ1n) is 13.1. The Balaban J connectivity index is 1.74. The van der Waals surface area contributed by atoms with E-state index in [9.17, 15) is 34.8 Å². The van der Waals surface area contributed by atoms with Crippen LogP contribution in [0.1, 0.15) is 23.3 Å². The number of fused-ring (bicyclic) bond motifs is 3. The van der Waals surface area contributed by atoms with Gasteiger partial charge < -0.3 is 40.3 Å². The molecule has 0 radical (unpaired) electrons. The molecule has 3 aliphatic rings. The number of rotatable bonds is 6. The number of aliphatic hydroxyl groups excluding tert-OH is 2. The fourth-order valence-electron chi connectivity index (χ4n) is 6.55. The zero-order chi connectivity index (χ0) is 30.8. The van der Waals surface area contributed by atoms with E-state index in [0.717, 1.165) is 0 Å². The number of furan rings is 1. The van der Waals surface area contributed by atoms with Crippen LogP contribution in [0.4, 0.5) is 5.69 Å². The maximum atomic E-state index is 14.1. The van der Waals surface area contributed by atoms with E-state index in [1.807, 2.05) is 0 Å². The largest absolute Gasteiger partial charge is 0.508 e. The summed E-state index contributed by atoms with van der Waals surface area (Å²) in [5.41, 5.74) is 2.94. The van der Waals surface area contributed by atoms with E-state index < -0.39 is 58.0 Å². The highest BCUT2D eigenvalue weighted by Gasteiger charge is 2.64. The number of hydrogen-bond acceptors (Lipinski definition) is 12. The standard InChI is InChI=1S/C29H32N4O9/c1-32(2)17-10-15(18-7-6-13(42-18)11-31-41-5)23(34)20-14(17)8-12-9-16-22(33(3)4)25(36)21(28(30)39)27(38)29(16,40)26(37)19(12)24(20)35/h6-7,10-12,16,22,34-35,38,40H,8-9H2,1-5H3,(H2,30,39)/b31-11+/t12-,16-,22-,29-/m0/s1. The fraction of sp³-hybridized carbons (Fsp3) is 0.379. The summed E-state index contributed by atoms with van der Waals surface area (Å²) in [4.78, 5) is 47.5. The van der Waals surface area contributed by atoms with E-state index in [0.29, 0.717) is 17.0 Å². The predicted molar refractivity (Wildman–Crippen MR) is 151 cm³/mol. The summed E-state index contributed by atoms with van der Waals surface area (Å²) in [5.74, 6) is -6.50. The van der Waals surface area contributed by atoms with Crippen LogP contribution in [0.2, 0.25) is 0 Å². The molecule has 5 rings (SSSR count). The minimum Gasteiger partial charge on any atom is -0.508 e. The second kappa shape index (κ2) is 10.0. The number of benzene rings is 1. The van der Waals surface area contributed by atoms with Gasteiger partial charge in [-0.25, -0.2) is 0 Å². The van der Waals surface area contributed by atoms with Gasteiger partial charge in [-0.05, 0) is 56.6 Å². The van der Waals surface area contributed by atoms with Crippen molar-refractivity contribution in [2.45, 2.75) is 24.5 Å². The van der Waals surface area contributed by atoms with Gasteiger partial charge in [0, 0.05) is 31.3 Å². The Kier molecular flexibility index (Phi) is 6.90. The monoisotopic (exact) mass is 580 g/mol. The van der Waals surface area contributed by atoms with Crippen molar-refractivity contribution in [3.8, 4) is 17.1 Å². The smallest absolute Gasteiger partial charge is 0.255 e. The van der Waals surface area contributed by atoms with Gasteiger partial charge in [0.15, 0.2) is 11.4 Å². The lowest BCUT2D eigenvalue weighted by Gasteiger charge is -2.50. The van der Waals surface area contributed by atoms with E-state index >= 15 is 0 Å². The molecule has 0 spiro atoms. The average Bonchev–Trinajstić information content (AvgIpc) is 3.37. The fourth-order valence-corrected chi connectivity index (χ4v) is 6.55. The third-order valence-electron chi connectivity index (χ3n) is 8.36. The third kappa shape index (κ3) is 3.99. The molecule has 4 atom stereocenters. The maximum Gasteiger partial charge on any atom is 0.255 e. The molecule has 6 N–H and O–H groups in total. The molecule has 2 aromatic rings. The van der Waals surface area contributed by atoms with Crippen LogP contribution in [-0.4, -0.2) is 96.0 Å². The molecule has 1 fully saturated rings. The molecule has 1 amide bonds. The van der Waals surface area contributed by atoms with Gasteiger partial charge in [0.1, 0.15) is 47.7 Å². The highest BCUT2D eigenvalue weighted by Crippen LogP contribution is 2.55. The van der Waals surface area contributed by atoms with Gasteiger partial charge in [0.05, 0.1) is 17.2 Å². The van der Waals surface area contributed by atoms with Crippen LogP contribution in [-0.2, 0) is 25.6 Å². The summed E-state index contributed by atoms with van der Waals surface area (Å²) < 4.78 is 5.79. The SMILES string of the molecule is CO/N=C/c1ccc(-c2cc(N(C)C)c3c(c2O)C(O)=C2C(=O)[C@]4(O)C(O)=C(C(N)=O)C(=O)[C@@H](N(C)C)[C@@H]4C[C@@H]2C3)o1. The van der Waals surface area contributed by atoms with E-state index in [1.165, 1.54) is 18.2 Å². The molecule has 1 heterocycles. The Hall–Kier alpha value is -4.62. The molecule has 222 valence electrons. The zero-order valence-corrected chi connectivity index (χ0v) is 23.7. The van der Waals surface area contributed by atoms with Gasteiger partial charge in [-0.1, -0.05) is 5.16 Å². The summed E-state index contributed by atoms with van der Waals surface area (Å²) >= 11 is 0. The molecule has 1 saturated carbocycles. The molecule has 0 saturated heterocycles. The van der Waals surface area contributed by atoms with Gasteiger partial charge >= 0.3 is 0 Å². The quantitative estimate of drug-likeness (QED) is 0.187. The molecule has 0 unspecified atom stereocenters. The third-order valence-corrected chi connectivity index (χ3v) is 8.36. The molecule has 0 bridgehead atoms. The molecular weight excluding hydrogens is 548 g/mol. The number of likely N-dealkylation sites (N-methyl/N-ethyl adjacent to an activating group) is 1. The predicted octanol–water partition coefficient (Wildman–Crippen LogP) is 1.27. The van der Waals surface area contributed by atoms with E-state index in [2.05, 4.69) is 9.99 Å². The minimum atomic E-state index is -2.71. The number of carbonyl (C=O) groups is 3. The van der Waals surface area contributed by atoms with Crippen LogP contribution in [0.3, 0.4) is 0 Å². The number of hydrogen-bond donors (Lipinski definition) is 5. The number of nitrogens with zero attached hydrogens (tertiary/aromatic N) is 3. The van der Waals surface area contributed by atoms with Crippen LogP contribution in [0.5, 0.6) is 5.75 Å². The van der Waals surface area contributed by atoms with Crippen molar-refractivity contribution in [1.29, 1.82) is 0 Å². The lowest BCUT2D eigenvalue weighted by Crippen LogP contribution is -2.65. The van der Waals surface area contributed by atoms with Gasteiger partial charge in [0.25, 0.3) is 5.91 Å². The zero-order valence-electron chi connectivity index (χ0n) is 23.7. The number of Topliss-reactive ketones (excluding diaryl/α,β-unsaturated/α-hetero) is 2. The van der Waals surface area contributed by atoms with Gasteiger partial charge in [-0.15, -0.1) is 0 Å². The summed E-state index contributed by atoms with van der Waals surface area (Å²) in [6, 6.07) is 3.75. The second-order valence-electron chi connectivity index (χ2n) is 11.1. The van der Waals surface area contributed by atoms with Crippen molar-refractivity contribution >= 4 is 35.1 Å². The van der Waals surface area contributed by atoms with Crippen LogP contribution >= 0.6 is 0 Å². The number of anilines is 1. The number of aromatic hydroxyl groups is 1. The molecule has 42 heavy (non-hydrogen) atoms. The van der Waals surface area contributed by atoms with Gasteiger partial charge in [-0.2, -0.15) is 0 Å². The Morgan fingerprint density at radius 3 is 2.48 bits per heavy atom. The molecule has 0 aliphatic heterocycles. The maximum absolute atomic E-state index is 14.1. The lowest BCUT2D eigenvalue weighted by atomic mass is 9.57. The van der Waals surface area contributed by atoms with E-state index in [-0.39, 0.29) is 41.1 Å². The van der Waals surface area contributed by atoms with Crippen LogP contribution in [0.25, 0.3) is 17.1 Å². The number of phenols is 1. The Morgan fingerprint density at radius 1 is 1.19 bits per heavy atom. The summed E-state index contributed by atoms with van der Waals surface area (Å²) in [5, 5.41) is 49.6. The molecule has 13 nitrogen and oxygen atoms in total. The molecular formula is C29H32N4O9. The summed E-state index contributed by atoms with van der Waals surface area (Å²) in [6.07, 6.45) is 1.51. The lowest BCUT2D eigenvalue weighted by molar-refractivity contribution is -0.153. The number of oxime groups is 1. The Morgan fingerprint density at radius 2 is 1.88 bits per heavy atom. The van der Waals surface area contributed by atoms with Crippen LogP contribution < -0.4 is 10.6 Å². The average molecular weight is 581 g/mol. The van der Waals surface area contributed by atoms with E-state index in [1.54, 1.807) is 51.3 Å². The highest BCUT2D eigenvalue weighted by atomic mass is 16.6. The van der Waals surface area contributed by atoms with Gasteiger partial charge in [-0.3, -0.25) is 19.3 Å². The summed E-state index contributed by atoms with van der Waals surface area (Å²) in [6.45, 7) is 0. The van der Waals surface area contributed by atoms with Crippen molar-refractivity contribution < 1.29 is 44.1 Å². The first-order chi connectivity index (χ1) is 19.7. The number of nitrogens with two attached hydrogens (primary N) is 1. The van der Waals surface area contributed by atoms with Crippen molar-refractivity contribution in [3.63, 3.8) is 0 Å². The number of carbonyl (C=O) groups excluding carboxylic acids is 3. The second-order valence-corrected chi connectivity index (χ2v) is 11.1. The van der Waals surface area contributed by atoms with Crippen LogP contribution in [0.15, 0.2) is 44.7 Å². The van der Waals surface area contributed by atoms with Crippen LogP contribution in [0, 0.1) is 11.8 Å². The number of ketones is 2. The highest BCUT2D eigenvalue weighted by molar-refractivity contribution is 6.24. The number of primary amides is 1. The van der Waals surface area contributed by atoms with Gasteiger partial charge in [0.2, 0.25) is 5.78 Å². The first-order valence-corrected chi connectivity index (χ1v) is 13.1. The van der Waals surface area contributed by atoms with Crippen molar-refractivity contribution in [1.82, 2.24) is 4.90 Å². The van der Waals surface area contributed by atoms with E-state index in [4.69, 9.17) is 10.2 Å². The van der Waals surface area contributed by atoms with Crippen molar-refractivity contribution in [2.75, 3.05) is 40.2 Å². The minimum absolute atomic E-state index is 0.00151. The number of aliphatic hydroxyl groups is 3. The molecule has 1 aromatic heterocycles. The topological polar surface area (TPSA) is 199 Å². The Bertz CT molecular complexity index is 1620. The summed E-state index contributed by atoms with van der Waals surface area (Å²) in [7, 11) is 8.05. The number of amides is 1. The van der Waals surface area contributed by atoms with Crippen molar-refractivity contribution in [2.24, 2.45) is 22.7 Å². The Labute approximate surface area is 240 Å². The molecule has 13 heteroatoms. The normalized spacial score (nSPS) is 25.5. The first kappa shape index (κ1) is 28.9. The number of phenolic OH excluding ortho intramolecular Hbond substituents is 1. The van der Waals surface area contributed by atoms with Crippen molar-refractivity contribution in [3.05, 3.63) is 52.0 Å². The molecule has 1 aromatic carbocycles. The molecule has 3 aliphatic carbocycles.